The predicted molar refractivity (Wildman–Crippen MR) is 72.2 cm³/mol. The van der Waals surface area contributed by atoms with Crippen molar-refractivity contribution in [3.8, 4) is 5.75 Å². The minimum Gasteiger partial charge on any atom is -0.507 e. The Morgan fingerprint density at radius 1 is 1.16 bits per heavy atom. The Bertz CT molecular complexity index is 440. The van der Waals surface area contributed by atoms with Gasteiger partial charge in [0.25, 0.3) is 0 Å². The molecule has 0 saturated carbocycles. The van der Waals surface area contributed by atoms with Gasteiger partial charge in [-0.1, -0.05) is 31.9 Å². The van der Waals surface area contributed by atoms with E-state index < -0.39 is 11.6 Å². The van der Waals surface area contributed by atoms with Crippen LogP contribution in [-0.2, 0) is 4.79 Å². The number of unbranched alkanes of at least 4 members (excludes halogenated alkanes) is 2. The molecule has 0 fully saturated rings. The number of hydrogen-bond acceptors (Lipinski definition) is 4. The van der Waals surface area contributed by atoms with Crippen molar-refractivity contribution in [3.05, 3.63) is 29.8 Å². The van der Waals surface area contributed by atoms with E-state index in [1.165, 1.54) is 12.1 Å². The molecule has 4 heteroatoms. The number of ketones is 2. The molecule has 1 aromatic carbocycles. The fourth-order valence-corrected chi connectivity index (χ4v) is 1.89. The highest BCUT2D eigenvalue weighted by Crippen LogP contribution is 2.19. The molecule has 0 heterocycles. The summed E-state index contributed by atoms with van der Waals surface area (Å²) in [6.45, 7) is 1.87. The number of hydrogen-bond donors (Lipinski definition) is 2. The number of Topliss-reactive ketones (excluding diaryl/α,β-unsaturated/α-hetero) is 2. The monoisotopic (exact) mass is 264 g/mol. The number of para-hydroxylation sites is 1. The molecule has 2 N–H and O–H groups in total. The Morgan fingerprint density at radius 2 is 1.84 bits per heavy atom. The molecule has 19 heavy (non-hydrogen) atoms. The molecule has 0 saturated heterocycles. The van der Waals surface area contributed by atoms with E-state index in [1.54, 1.807) is 19.1 Å². The van der Waals surface area contributed by atoms with Crippen LogP contribution in [-0.4, -0.2) is 28.4 Å². The fraction of sp³-hybridized carbons (Fsp3) is 0.467. The van der Waals surface area contributed by atoms with Crippen molar-refractivity contribution in [1.82, 2.24) is 0 Å². The number of phenols is 1. The van der Waals surface area contributed by atoms with Crippen molar-refractivity contribution in [3.63, 3.8) is 0 Å². The fourth-order valence-electron chi connectivity index (χ4n) is 1.89. The number of rotatable bonds is 8. The van der Waals surface area contributed by atoms with Gasteiger partial charge in [-0.2, -0.15) is 0 Å². The van der Waals surface area contributed by atoms with Gasteiger partial charge in [-0.15, -0.1) is 0 Å². The summed E-state index contributed by atoms with van der Waals surface area (Å²) in [6.07, 6.45) is 2.99. The Kier molecular flexibility index (Phi) is 6.22. The minimum absolute atomic E-state index is 0.0645. The predicted octanol–water partition coefficient (Wildman–Crippen LogP) is 2.33. The molecule has 0 bridgehead atoms. The van der Waals surface area contributed by atoms with E-state index in [9.17, 15) is 14.7 Å². The van der Waals surface area contributed by atoms with Gasteiger partial charge in [0.1, 0.15) is 5.75 Å². The molecular formula is C15H20O4. The molecular weight excluding hydrogens is 244 g/mol. The largest absolute Gasteiger partial charge is 0.507 e. The Balaban J connectivity index is 2.57. The lowest BCUT2D eigenvalue weighted by Crippen LogP contribution is -2.22. The van der Waals surface area contributed by atoms with Crippen LogP contribution in [0.1, 0.15) is 43.0 Å². The summed E-state index contributed by atoms with van der Waals surface area (Å²) in [5.41, 5.74) is 0.0645. The number of carbonyl (C=O) groups is 2. The topological polar surface area (TPSA) is 74.6 Å². The second-order valence-corrected chi connectivity index (χ2v) is 4.68. The van der Waals surface area contributed by atoms with Gasteiger partial charge in [0, 0.05) is 12.5 Å². The number of aliphatic hydroxyl groups is 1. The maximum atomic E-state index is 11.9. The van der Waals surface area contributed by atoms with Gasteiger partial charge in [0.05, 0.1) is 5.56 Å². The van der Waals surface area contributed by atoms with Crippen molar-refractivity contribution in [1.29, 1.82) is 0 Å². The van der Waals surface area contributed by atoms with E-state index in [0.717, 1.165) is 12.8 Å². The summed E-state index contributed by atoms with van der Waals surface area (Å²) in [5, 5.41) is 18.2. The van der Waals surface area contributed by atoms with Gasteiger partial charge >= 0.3 is 0 Å². The smallest absolute Gasteiger partial charge is 0.232 e. The number of aliphatic hydroxyl groups excluding tert-OH is 1. The second kappa shape index (κ2) is 7.69. The second-order valence-electron chi connectivity index (χ2n) is 4.68. The third-order valence-electron chi connectivity index (χ3n) is 3.12. The van der Waals surface area contributed by atoms with Crippen LogP contribution in [0.15, 0.2) is 24.3 Å². The zero-order valence-corrected chi connectivity index (χ0v) is 11.1. The molecule has 1 atom stereocenters. The molecule has 4 nitrogen and oxygen atoms in total. The molecule has 0 aliphatic heterocycles. The van der Waals surface area contributed by atoms with E-state index in [0.29, 0.717) is 12.8 Å². The van der Waals surface area contributed by atoms with Gasteiger partial charge in [0.2, 0.25) is 11.6 Å². The first-order valence-electron chi connectivity index (χ1n) is 6.55. The number of carbonyl (C=O) groups excluding carboxylic acids is 2. The number of aromatic hydroxyl groups is 1. The van der Waals surface area contributed by atoms with Crippen LogP contribution in [0.2, 0.25) is 0 Å². The van der Waals surface area contributed by atoms with Crippen molar-refractivity contribution >= 4 is 11.6 Å². The molecule has 1 aromatic rings. The SMILES string of the molecule is CC(CCCCCO)C(=O)C(=O)c1ccccc1O. The first kappa shape index (κ1) is 15.4. The standard InChI is InChI=1S/C15H20O4/c1-11(7-3-2-6-10-16)14(18)15(19)12-8-4-5-9-13(12)17/h4-5,8-9,11,16-17H,2-3,6-7,10H2,1H3. The van der Waals surface area contributed by atoms with Gasteiger partial charge in [-0.25, -0.2) is 0 Å². The molecule has 0 aromatic heterocycles. The van der Waals surface area contributed by atoms with Crippen molar-refractivity contribution in [2.75, 3.05) is 6.61 Å². The van der Waals surface area contributed by atoms with Crippen LogP contribution in [0.25, 0.3) is 0 Å². The Morgan fingerprint density at radius 3 is 2.47 bits per heavy atom. The molecule has 104 valence electrons. The van der Waals surface area contributed by atoms with E-state index >= 15 is 0 Å². The summed E-state index contributed by atoms with van der Waals surface area (Å²) in [5.74, 6) is -1.61. The van der Waals surface area contributed by atoms with Crippen molar-refractivity contribution < 1.29 is 19.8 Å². The molecule has 0 spiro atoms. The lowest BCUT2D eigenvalue weighted by Gasteiger charge is -2.09. The van der Waals surface area contributed by atoms with E-state index in [2.05, 4.69) is 0 Å². The third-order valence-corrected chi connectivity index (χ3v) is 3.12. The third kappa shape index (κ3) is 4.48. The van der Waals surface area contributed by atoms with E-state index in [-0.39, 0.29) is 23.8 Å². The number of phenolic OH excluding ortho intramolecular Hbond substituents is 1. The summed E-state index contributed by atoms with van der Waals surface area (Å²) in [4.78, 5) is 23.9. The van der Waals surface area contributed by atoms with Crippen molar-refractivity contribution in [2.45, 2.75) is 32.6 Å². The van der Waals surface area contributed by atoms with E-state index in [4.69, 9.17) is 5.11 Å². The summed E-state index contributed by atoms with van der Waals surface area (Å²) < 4.78 is 0. The molecule has 0 aliphatic rings. The first-order valence-corrected chi connectivity index (χ1v) is 6.55. The maximum absolute atomic E-state index is 11.9. The van der Waals surface area contributed by atoms with Crippen LogP contribution in [0.3, 0.4) is 0 Å². The highest BCUT2D eigenvalue weighted by atomic mass is 16.3. The lowest BCUT2D eigenvalue weighted by atomic mass is 9.93. The maximum Gasteiger partial charge on any atom is 0.232 e. The van der Waals surface area contributed by atoms with Gasteiger partial charge < -0.3 is 10.2 Å². The quantitative estimate of drug-likeness (QED) is 0.429. The first-order chi connectivity index (χ1) is 9.07. The molecule has 1 unspecified atom stereocenters. The zero-order valence-electron chi connectivity index (χ0n) is 11.1. The zero-order chi connectivity index (χ0) is 14.3. The highest BCUT2D eigenvalue weighted by molar-refractivity contribution is 6.44. The van der Waals surface area contributed by atoms with Crippen LogP contribution in [0, 0.1) is 5.92 Å². The minimum atomic E-state index is -0.632. The molecule has 0 radical (unpaired) electrons. The van der Waals surface area contributed by atoms with Crippen LogP contribution in [0.4, 0.5) is 0 Å². The summed E-state index contributed by atoms with van der Waals surface area (Å²) in [6, 6.07) is 6.07. The number of benzene rings is 1. The highest BCUT2D eigenvalue weighted by Gasteiger charge is 2.24. The van der Waals surface area contributed by atoms with Gasteiger partial charge in [0.15, 0.2) is 0 Å². The Hall–Kier alpha value is -1.68. The lowest BCUT2D eigenvalue weighted by molar-refractivity contribution is -0.118. The average Bonchev–Trinajstić information content (AvgIpc) is 2.42. The van der Waals surface area contributed by atoms with Crippen LogP contribution >= 0.6 is 0 Å². The summed E-state index contributed by atoms with van der Waals surface area (Å²) >= 11 is 0. The van der Waals surface area contributed by atoms with Crippen molar-refractivity contribution in [2.24, 2.45) is 5.92 Å². The Labute approximate surface area is 113 Å². The summed E-state index contributed by atoms with van der Waals surface area (Å²) in [7, 11) is 0. The average molecular weight is 264 g/mol. The van der Waals surface area contributed by atoms with E-state index in [1.807, 2.05) is 0 Å². The molecule has 0 amide bonds. The van der Waals surface area contributed by atoms with Gasteiger partial charge in [-0.3, -0.25) is 9.59 Å². The normalized spacial score (nSPS) is 12.1. The molecule has 0 aliphatic carbocycles. The van der Waals surface area contributed by atoms with Crippen LogP contribution < -0.4 is 0 Å². The van der Waals surface area contributed by atoms with Crippen LogP contribution in [0.5, 0.6) is 5.75 Å². The van der Waals surface area contributed by atoms with Gasteiger partial charge in [-0.05, 0) is 25.0 Å². The molecule has 1 rings (SSSR count).